The van der Waals surface area contributed by atoms with Crippen molar-refractivity contribution >= 4 is 29.9 Å². The Morgan fingerprint density at radius 1 is 1.21 bits per heavy atom. The Balaban J connectivity index is 0.00000240. The monoisotopic (exact) mass is 512 g/mol. The molecule has 1 N–H and O–H groups in total. The number of halogens is 1. The molecule has 162 valence electrons. The topological polar surface area (TPSA) is 40.1 Å². The largest absolute Gasteiger partial charge is 0.381 e. The average Bonchev–Trinajstić information content (AvgIpc) is 3.37. The summed E-state index contributed by atoms with van der Waals surface area (Å²) >= 11 is 0. The molecule has 1 aromatic rings. The smallest absolute Gasteiger partial charge is 0.193 e. The van der Waals surface area contributed by atoms with Gasteiger partial charge in [0.1, 0.15) is 0 Å². The highest BCUT2D eigenvalue weighted by Crippen LogP contribution is 2.38. The van der Waals surface area contributed by atoms with E-state index in [-0.39, 0.29) is 24.0 Å². The first-order valence-corrected chi connectivity index (χ1v) is 11.2. The van der Waals surface area contributed by atoms with E-state index in [1.807, 2.05) is 0 Å². The van der Waals surface area contributed by atoms with Gasteiger partial charge in [-0.05, 0) is 44.7 Å². The fraction of sp³-hybridized carbons (Fsp3) is 0.696. The Hall–Kier alpha value is -0.860. The Morgan fingerprint density at radius 3 is 2.83 bits per heavy atom. The van der Waals surface area contributed by atoms with Crippen molar-refractivity contribution in [3.8, 4) is 0 Å². The van der Waals surface area contributed by atoms with Gasteiger partial charge < -0.3 is 15.0 Å². The fourth-order valence-corrected chi connectivity index (χ4v) is 5.00. The number of hydrogen-bond acceptors (Lipinski definition) is 3. The highest BCUT2D eigenvalue weighted by atomic mass is 127. The van der Waals surface area contributed by atoms with Gasteiger partial charge >= 0.3 is 0 Å². The summed E-state index contributed by atoms with van der Waals surface area (Å²) < 4.78 is 5.70. The zero-order valence-corrected chi connectivity index (χ0v) is 20.1. The molecule has 1 aromatic carbocycles. The standard InChI is InChI=1S/C23H36N4O.HI/c1-2-24-22(27-14-11-23(18-27)12-15-28-19-23)25-16-21-10-6-7-13-26(21)17-20-8-4-3-5-9-20;/h3-5,8-9,21H,2,6-7,10-19H2,1H3,(H,24,25);1H. The van der Waals surface area contributed by atoms with Crippen LogP contribution >= 0.6 is 24.0 Å². The first-order chi connectivity index (χ1) is 13.8. The molecule has 0 amide bonds. The molecule has 0 aliphatic carbocycles. The zero-order valence-electron chi connectivity index (χ0n) is 17.8. The zero-order chi connectivity index (χ0) is 19.2. The number of rotatable bonds is 5. The summed E-state index contributed by atoms with van der Waals surface area (Å²) in [5.41, 5.74) is 1.79. The van der Waals surface area contributed by atoms with E-state index in [4.69, 9.17) is 9.73 Å². The van der Waals surface area contributed by atoms with E-state index in [0.29, 0.717) is 11.5 Å². The van der Waals surface area contributed by atoms with Crippen molar-refractivity contribution in [2.24, 2.45) is 10.4 Å². The predicted octanol–water partition coefficient (Wildman–Crippen LogP) is 3.74. The quantitative estimate of drug-likeness (QED) is 0.371. The molecule has 0 bridgehead atoms. The SMILES string of the molecule is CCNC(=NCC1CCCCN1Cc1ccccc1)N1CCC2(CCOC2)C1.I. The summed E-state index contributed by atoms with van der Waals surface area (Å²) in [5.74, 6) is 1.11. The Morgan fingerprint density at radius 2 is 2.07 bits per heavy atom. The number of piperidine rings is 1. The number of nitrogens with zero attached hydrogens (tertiary/aromatic N) is 3. The Kier molecular flexibility index (Phi) is 8.62. The molecule has 5 nitrogen and oxygen atoms in total. The molecule has 3 fully saturated rings. The first-order valence-electron chi connectivity index (χ1n) is 11.2. The van der Waals surface area contributed by atoms with Crippen LogP contribution in [0.15, 0.2) is 35.3 Å². The molecule has 1 spiro atoms. The van der Waals surface area contributed by atoms with E-state index >= 15 is 0 Å². The normalized spacial score (nSPS) is 28.0. The summed E-state index contributed by atoms with van der Waals surface area (Å²) in [6.45, 7) is 10.3. The van der Waals surface area contributed by atoms with Crippen molar-refractivity contribution in [2.75, 3.05) is 45.9 Å². The van der Waals surface area contributed by atoms with Crippen LogP contribution in [0.4, 0.5) is 0 Å². The maximum Gasteiger partial charge on any atom is 0.193 e. The van der Waals surface area contributed by atoms with Gasteiger partial charge in [-0.1, -0.05) is 36.8 Å². The first kappa shape index (κ1) is 22.8. The van der Waals surface area contributed by atoms with Gasteiger partial charge in [0.15, 0.2) is 5.96 Å². The third-order valence-corrected chi connectivity index (χ3v) is 6.69. The summed E-state index contributed by atoms with van der Waals surface area (Å²) in [5, 5.41) is 3.55. The summed E-state index contributed by atoms with van der Waals surface area (Å²) in [7, 11) is 0. The summed E-state index contributed by atoms with van der Waals surface area (Å²) in [6, 6.07) is 11.4. The van der Waals surface area contributed by atoms with Gasteiger partial charge in [0.25, 0.3) is 0 Å². The third kappa shape index (κ3) is 5.85. The molecular weight excluding hydrogens is 475 g/mol. The van der Waals surface area contributed by atoms with Crippen LogP contribution in [0, 0.1) is 5.41 Å². The molecule has 6 heteroatoms. The van der Waals surface area contributed by atoms with Gasteiger partial charge in [-0.15, -0.1) is 24.0 Å². The number of benzene rings is 1. The molecule has 0 aromatic heterocycles. The lowest BCUT2D eigenvalue weighted by Crippen LogP contribution is -2.44. The van der Waals surface area contributed by atoms with E-state index in [0.717, 1.165) is 51.9 Å². The Bertz CT molecular complexity index is 648. The second-order valence-corrected chi connectivity index (χ2v) is 8.77. The molecule has 4 rings (SSSR count). The number of nitrogens with one attached hydrogen (secondary N) is 1. The highest BCUT2D eigenvalue weighted by Gasteiger charge is 2.42. The van der Waals surface area contributed by atoms with E-state index in [2.05, 4.69) is 52.4 Å². The van der Waals surface area contributed by atoms with Crippen LogP contribution < -0.4 is 5.32 Å². The van der Waals surface area contributed by atoms with Gasteiger partial charge in [-0.2, -0.15) is 0 Å². The molecule has 3 aliphatic heterocycles. The summed E-state index contributed by atoms with van der Waals surface area (Å²) in [6.07, 6.45) is 6.33. The molecule has 2 unspecified atom stereocenters. The molecule has 3 heterocycles. The lowest BCUT2D eigenvalue weighted by Gasteiger charge is -2.35. The van der Waals surface area contributed by atoms with Crippen molar-refractivity contribution < 1.29 is 4.74 Å². The minimum Gasteiger partial charge on any atom is -0.381 e. The number of aliphatic imine (C=N–C) groups is 1. The van der Waals surface area contributed by atoms with Gasteiger partial charge in [-0.3, -0.25) is 9.89 Å². The second kappa shape index (κ2) is 11.0. The summed E-state index contributed by atoms with van der Waals surface area (Å²) in [4.78, 5) is 10.2. The third-order valence-electron chi connectivity index (χ3n) is 6.69. The second-order valence-electron chi connectivity index (χ2n) is 8.77. The minimum atomic E-state index is 0. The van der Waals surface area contributed by atoms with Crippen molar-refractivity contribution in [1.82, 2.24) is 15.1 Å². The fourth-order valence-electron chi connectivity index (χ4n) is 5.00. The van der Waals surface area contributed by atoms with Gasteiger partial charge in [0, 0.05) is 44.2 Å². The van der Waals surface area contributed by atoms with Crippen LogP contribution in [0.3, 0.4) is 0 Å². The lowest BCUT2D eigenvalue weighted by atomic mass is 9.87. The number of ether oxygens (including phenoxy) is 1. The van der Waals surface area contributed by atoms with Crippen LogP contribution in [-0.4, -0.2) is 67.7 Å². The van der Waals surface area contributed by atoms with Crippen LogP contribution in [0.25, 0.3) is 0 Å². The van der Waals surface area contributed by atoms with Gasteiger partial charge in [0.2, 0.25) is 0 Å². The van der Waals surface area contributed by atoms with Gasteiger partial charge in [-0.25, -0.2) is 0 Å². The molecular formula is C23H37IN4O. The van der Waals surface area contributed by atoms with Crippen LogP contribution in [0.5, 0.6) is 0 Å². The van der Waals surface area contributed by atoms with E-state index in [1.165, 1.54) is 44.2 Å². The highest BCUT2D eigenvalue weighted by molar-refractivity contribution is 14.0. The molecule has 3 aliphatic rings. The molecule has 0 radical (unpaired) electrons. The van der Waals surface area contributed by atoms with E-state index in [9.17, 15) is 0 Å². The van der Waals surface area contributed by atoms with Crippen molar-refractivity contribution in [2.45, 2.75) is 51.6 Å². The maximum absolute atomic E-state index is 5.70. The molecule has 2 atom stereocenters. The van der Waals surface area contributed by atoms with Gasteiger partial charge in [0.05, 0.1) is 13.2 Å². The van der Waals surface area contributed by atoms with Crippen molar-refractivity contribution in [3.63, 3.8) is 0 Å². The van der Waals surface area contributed by atoms with E-state index < -0.39 is 0 Å². The predicted molar refractivity (Wildman–Crippen MR) is 130 cm³/mol. The molecule has 3 saturated heterocycles. The molecule has 29 heavy (non-hydrogen) atoms. The van der Waals surface area contributed by atoms with Crippen LogP contribution in [0.1, 0.15) is 44.6 Å². The Labute approximate surface area is 193 Å². The number of hydrogen-bond donors (Lipinski definition) is 1. The maximum atomic E-state index is 5.70. The number of guanidine groups is 1. The minimum absolute atomic E-state index is 0. The van der Waals surface area contributed by atoms with Crippen LogP contribution in [-0.2, 0) is 11.3 Å². The molecule has 0 saturated carbocycles. The van der Waals surface area contributed by atoms with Crippen molar-refractivity contribution in [3.05, 3.63) is 35.9 Å². The van der Waals surface area contributed by atoms with Crippen molar-refractivity contribution in [1.29, 1.82) is 0 Å². The number of likely N-dealkylation sites (tertiary alicyclic amines) is 2. The average molecular weight is 512 g/mol. The van der Waals surface area contributed by atoms with Crippen LogP contribution in [0.2, 0.25) is 0 Å². The van der Waals surface area contributed by atoms with E-state index in [1.54, 1.807) is 0 Å². The lowest BCUT2D eigenvalue weighted by molar-refractivity contribution is 0.144.